The van der Waals surface area contributed by atoms with Crippen molar-refractivity contribution in [1.29, 1.82) is 0 Å². The number of rotatable bonds is 3. The first-order valence-corrected chi connectivity index (χ1v) is 9.91. The molecule has 1 saturated carbocycles. The van der Waals surface area contributed by atoms with Crippen molar-refractivity contribution in [2.24, 2.45) is 0 Å². The van der Waals surface area contributed by atoms with Gasteiger partial charge in [0.15, 0.2) is 0 Å². The number of hydrogen-bond donors (Lipinski definition) is 1. The maximum atomic E-state index is 13.1. The highest BCUT2D eigenvalue weighted by Crippen LogP contribution is 2.40. The summed E-state index contributed by atoms with van der Waals surface area (Å²) in [5.74, 6) is 1.68. The molecule has 3 aromatic rings. The molecule has 1 fully saturated rings. The number of nitrogens with zero attached hydrogens (tertiary/aromatic N) is 4. The molecule has 0 atom stereocenters. The molecular weight excluding hydrogens is 350 g/mol. The molecule has 146 valence electrons. The van der Waals surface area contributed by atoms with Gasteiger partial charge >= 0.3 is 0 Å². The molecule has 2 aromatic heterocycles. The van der Waals surface area contributed by atoms with Crippen LogP contribution in [0.2, 0.25) is 0 Å². The molecule has 0 unspecified atom stereocenters. The number of amides is 1. The largest absolute Gasteiger partial charge is 0.384 e. The zero-order valence-electron chi connectivity index (χ0n) is 16.8. The van der Waals surface area contributed by atoms with Crippen molar-refractivity contribution in [2.45, 2.75) is 44.9 Å². The summed E-state index contributed by atoms with van der Waals surface area (Å²) in [7, 11) is 3.65. The average Bonchev–Trinajstić information content (AvgIpc) is 3.10. The van der Waals surface area contributed by atoms with E-state index >= 15 is 0 Å². The number of hydrogen-bond acceptors (Lipinski definition) is 4. The van der Waals surface area contributed by atoms with E-state index < -0.39 is 0 Å². The highest BCUT2D eigenvalue weighted by molar-refractivity contribution is 6.03. The molecule has 1 aliphatic carbocycles. The number of nitrogens with two attached hydrogens (primary N) is 1. The molecule has 0 radical (unpaired) electrons. The number of carbonyl (C=O) groups excluding carboxylic acids is 1. The summed E-state index contributed by atoms with van der Waals surface area (Å²) >= 11 is 0. The van der Waals surface area contributed by atoms with E-state index in [0.717, 1.165) is 40.7 Å². The van der Waals surface area contributed by atoms with E-state index in [1.54, 1.807) is 11.0 Å². The molecule has 4 rings (SSSR count). The molecule has 1 aliphatic rings. The lowest BCUT2D eigenvalue weighted by Crippen LogP contribution is -2.25. The monoisotopic (exact) mass is 377 g/mol. The third-order valence-electron chi connectivity index (χ3n) is 5.79. The topological polar surface area (TPSA) is 77.0 Å². The number of aryl methyl sites for hydroxylation is 1. The van der Waals surface area contributed by atoms with Crippen LogP contribution in [0.25, 0.3) is 16.7 Å². The second-order valence-corrected chi connectivity index (χ2v) is 7.94. The molecule has 1 amide bonds. The summed E-state index contributed by atoms with van der Waals surface area (Å²) < 4.78 is 2.04. The highest BCUT2D eigenvalue weighted by Gasteiger charge is 2.27. The van der Waals surface area contributed by atoms with Crippen LogP contribution in [0.15, 0.2) is 30.7 Å². The fourth-order valence-corrected chi connectivity index (χ4v) is 4.46. The van der Waals surface area contributed by atoms with Crippen LogP contribution in [0.3, 0.4) is 0 Å². The highest BCUT2D eigenvalue weighted by atomic mass is 16.2. The van der Waals surface area contributed by atoms with Gasteiger partial charge in [0.1, 0.15) is 18.0 Å². The minimum Gasteiger partial charge on any atom is -0.384 e. The van der Waals surface area contributed by atoms with E-state index in [-0.39, 0.29) is 5.91 Å². The molecule has 2 N–H and O–H groups in total. The summed E-state index contributed by atoms with van der Waals surface area (Å²) in [6, 6.07) is 5.98. The Morgan fingerprint density at radius 3 is 2.61 bits per heavy atom. The fourth-order valence-electron chi connectivity index (χ4n) is 4.46. The van der Waals surface area contributed by atoms with E-state index in [1.807, 2.05) is 31.8 Å². The molecular formula is C22H27N5O. The standard InChI is InChI=1S/C22H27N5O/c1-14-11-17-16(9-10-27(17)19-12-18(23)24-13-25-19)21(15-7-5-4-6-8-15)20(14)22(28)26(2)3/h9-13,15H,4-8H2,1-3H3,(H2,23,24,25). The van der Waals surface area contributed by atoms with Gasteiger partial charge in [0.2, 0.25) is 0 Å². The molecule has 2 heterocycles. The maximum absolute atomic E-state index is 13.1. The normalized spacial score (nSPS) is 15.1. The number of fused-ring (bicyclic) bond motifs is 1. The Balaban J connectivity index is 1.98. The SMILES string of the molecule is Cc1cc2c(ccn2-c2cc(N)ncn2)c(C2CCCCC2)c1C(=O)N(C)C. The molecule has 0 aliphatic heterocycles. The van der Waals surface area contributed by atoms with E-state index in [2.05, 4.69) is 22.1 Å². The Morgan fingerprint density at radius 1 is 1.18 bits per heavy atom. The predicted octanol–water partition coefficient (Wildman–Crippen LogP) is 4.06. The number of nitrogen functional groups attached to an aromatic ring is 1. The van der Waals surface area contributed by atoms with Gasteiger partial charge in [-0.1, -0.05) is 19.3 Å². The molecule has 6 heteroatoms. The first-order chi connectivity index (χ1) is 13.5. The van der Waals surface area contributed by atoms with Gasteiger partial charge in [-0.2, -0.15) is 0 Å². The van der Waals surface area contributed by atoms with Crippen LogP contribution < -0.4 is 5.73 Å². The van der Waals surface area contributed by atoms with Crippen molar-refractivity contribution >= 4 is 22.6 Å². The van der Waals surface area contributed by atoms with Crippen molar-refractivity contribution in [3.8, 4) is 5.82 Å². The van der Waals surface area contributed by atoms with Gasteiger partial charge < -0.3 is 15.2 Å². The molecule has 6 nitrogen and oxygen atoms in total. The summed E-state index contributed by atoms with van der Waals surface area (Å²) in [4.78, 5) is 23.1. The van der Waals surface area contributed by atoms with Gasteiger partial charge in [0, 0.05) is 37.3 Å². The molecule has 0 bridgehead atoms. The van der Waals surface area contributed by atoms with Gasteiger partial charge in [0.05, 0.1) is 5.52 Å². The lowest BCUT2D eigenvalue weighted by molar-refractivity contribution is 0.0825. The minimum atomic E-state index is 0.0824. The minimum absolute atomic E-state index is 0.0824. The van der Waals surface area contributed by atoms with E-state index in [4.69, 9.17) is 5.73 Å². The van der Waals surface area contributed by atoms with Crippen LogP contribution in [0.5, 0.6) is 0 Å². The maximum Gasteiger partial charge on any atom is 0.253 e. The number of benzene rings is 1. The Bertz CT molecular complexity index is 1030. The van der Waals surface area contributed by atoms with Crippen molar-refractivity contribution in [1.82, 2.24) is 19.4 Å². The summed E-state index contributed by atoms with van der Waals surface area (Å²) in [6.45, 7) is 2.04. The van der Waals surface area contributed by atoms with Crippen molar-refractivity contribution in [3.63, 3.8) is 0 Å². The average molecular weight is 377 g/mol. The first kappa shape index (κ1) is 18.5. The summed E-state index contributed by atoms with van der Waals surface area (Å²) in [6.07, 6.45) is 9.49. The Labute approximate surface area is 165 Å². The fraction of sp³-hybridized carbons (Fsp3) is 0.409. The van der Waals surface area contributed by atoms with Crippen molar-refractivity contribution < 1.29 is 4.79 Å². The lowest BCUT2D eigenvalue weighted by Gasteiger charge is -2.27. The van der Waals surface area contributed by atoms with Crippen LogP contribution in [-0.2, 0) is 0 Å². The van der Waals surface area contributed by atoms with E-state index in [1.165, 1.54) is 31.2 Å². The zero-order chi connectivity index (χ0) is 19.8. The van der Waals surface area contributed by atoms with Crippen LogP contribution in [0.4, 0.5) is 5.82 Å². The number of aromatic nitrogens is 3. The van der Waals surface area contributed by atoms with E-state index in [0.29, 0.717) is 11.7 Å². The van der Waals surface area contributed by atoms with Crippen LogP contribution in [0.1, 0.15) is 59.5 Å². The van der Waals surface area contributed by atoms with Crippen molar-refractivity contribution in [2.75, 3.05) is 19.8 Å². The molecule has 0 spiro atoms. The van der Waals surface area contributed by atoms with Crippen LogP contribution in [0, 0.1) is 6.92 Å². The molecule has 1 aromatic carbocycles. The number of carbonyl (C=O) groups is 1. The Kier molecular flexibility index (Phi) is 4.79. The number of anilines is 1. The van der Waals surface area contributed by atoms with Gasteiger partial charge in [0.25, 0.3) is 5.91 Å². The Hall–Kier alpha value is -2.89. The lowest BCUT2D eigenvalue weighted by atomic mass is 9.79. The van der Waals surface area contributed by atoms with Crippen LogP contribution in [-0.4, -0.2) is 39.4 Å². The van der Waals surface area contributed by atoms with Crippen molar-refractivity contribution in [3.05, 3.63) is 47.4 Å². The predicted molar refractivity (Wildman–Crippen MR) is 112 cm³/mol. The smallest absolute Gasteiger partial charge is 0.253 e. The third-order valence-corrected chi connectivity index (χ3v) is 5.79. The van der Waals surface area contributed by atoms with Gasteiger partial charge in [-0.3, -0.25) is 4.79 Å². The molecule has 28 heavy (non-hydrogen) atoms. The van der Waals surface area contributed by atoms with Gasteiger partial charge in [-0.25, -0.2) is 9.97 Å². The second-order valence-electron chi connectivity index (χ2n) is 7.94. The first-order valence-electron chi connectivity index (χ1n) is 9.91. The zero-order valence-corrected chi connectivity index (χ0v) is 16.8. The Morgan fingerprint density at radius 2 is 1.93 bits per heavy atom. The molecule has 0 saturated heterocycles. The summed E-state index contributed by atoms with van der Waals surface area (Å²) in [5, 5.41) is 1.14. The quantitative estimate of drug-likeness (QED) is 0.747. The van der Waals surface area contributed by atoms with Gasteiger partial charge in [-0.15, -0.1) is 0 Å². The van der Waals surface area contributed by atoms with Gasteiger partial charge in [-0.05, 0) is 48.9 Å². The third kappa shape index (κ3) is 3.13. The second kappa shape index (κ2) is 7.26. The van der Waals surface area contributed by atoms with E-state index in [9.17, 15) is 4.79 Å². The van der Waals surface area contributed by atoms with Crippen LogP contribution >= 0.6 is 0 Å². The summed E-state index contributed by atoms with van der Waals surface area (Å²) in [5.41, 5.74) is 10.0.